The SMILES string of the molecule is Oc1ccc(CCNCc2cccc(C(F)(F)F)c2)cc1. The third kappa shape index (κ3) is 4.79. The molecule has 0 saturated heterocycles. The zero-order valence-electron chi connectivity index (χ0n) is 11.3. The van der Waals surface area contributed by atoms with E-state index in [0.717, 1.165) is 24.1 Å². The maximum Gasteiger partial charge on any atom is 0.416 e. The average molecular weight is 295 g/mol. The van der Waals surface area contributed by atoms with Gasteiger partial charge in [-0.3, -0.25) is 0 Å². The van der Waals surface area contributed by atoms with E-state index in [2.05, 4.69) is 5.32 Å². The average Bonchev–Trinajstić information content (AvgIpc) is 2.45. The second kappa shape index (κ2) is 6.63. The predicted molar refractivity (Wildman–Crippen MR) is 75.0 cm³/mol. The van der Waals surface area contributed by atoms with Crippen molar-refractivity contribution >= 4 is 0 Å². The first-order valence-corrected chi connectivity index (χ1v) is 6.60. The van der Waals surface area contributed by atoms with Gasteiger partial charge in [0.1, 0.15) is 5.75 Å². The van der Waals surface area contributed by atoms with E-state index < -0.39 is 11.7 Å². The summed E-state index contributed by atoms with van der Waals surface area (Å²) in [5.74, 6) is 0.218. The molecule has 0 amide bonds. The summed E-state index contributed by atoms with van der Waals surface area (Å²) in [6.45, 7) is 1.04. The fourth-order valence-electron chi connectivity index (χ4n) is 1.99. The van der Waals surface area contributed by atoms with Crippen LogP contribution in [-0.4, -0.2) is 11.7 Å². The van der Waals surface area contributed by atoms with Crippen molar-refractivity contribution in [2.45, 2.75) is 19.1 Å². The summed E-state index contributed by atoms with van der Waals surface area (Å²) in [6, 6.07) is 12.2. The Morgan fingerprint density at radius 1 is 0.952 bits per heavy atom. The molecule has 0 unspecified atom stereocenters. The first kappa shape index (κ1) is 15.4. The minimum atomic E-state index is -4.30. The third-order valence-corrected chi connectivity index (χ3v) is 3.11. The van der Waals surface area contributed by atoms with Crippen molar-refractivity contribution in [1.29, 1.82) is 0 Å². The quantitative estimate of drug-likeness (QED) is 0.824. The molecule has 2 aromatic carbocycles. The maximum atomic E-state index is 12.6. The second-order valence-corrected chi connectivity index (χ2v) is 4.79. The molecule has 2 rings (SSSR count). The first-order valence-electron chi connectivity index (χ1n) is 6.60. The highest BCUT2D eigenvalue weighted by atomic mass is 19.4. The lowest BCUT2D eigenvalue weighted by molar-refractivity contribution is -0.137. The lowest BCUT2D eigenvalue weighted by Crippen LogP contribution is -2.17. The number of alkyl halides is 3. The van der Waals surface area contributed by atoms with Crippen LogP contribution in [0.3, 0.4) is 0 Å². The van der Waals surface area contributed by atoms with Crippen LogP contribution in [0, 0.1) is 0 Å². The van der Waals surface area contributed by atoms with Crippen molar-refractivity contribution in [3.8, 4) is 5.75 Å². The molecule has 5 heteroatoms. The zero-order chi connectivity index (χ0) is 15.3. The van der Waals surface area contributed by atoms with E-state index in [9.17, 15) is 13.2 Å². The number of hydrogen-bond acceptors (Lipinski definition) is 2. The summed E-state index contributed by atoms with van der Waals surface area (Å²) < 4.78 is 37.7. The van der Waals surface area contributed by atoms with Gasteiger partial charge in [0.05, 0.1) is 5.56 Å². The molecule has 21 heavy (non-hydrogen) atoms. The van der Waals surface area contributed by atoms with Crippen molar-refractivity contribution in [2.24, 2.45) is 0 Å². The predicted octanol–water partition coefficient (Wildman–Crippen LogP) is 3.74. The minimum absolute atomic E-state index is 0.218. The molecule has 2 aromatic rings. The number of benzene rings is 2. The van der Waals surface area contributed by atoms with Crippen LogP contribution >= 0.6 is 0 Å². The molecule has 2 N–H and O–H groups in total. The standard InChI is InChI=1S/C16H16F3NO/c17-16(18,19)14-3-1-2-13(10-14)11-20-9-8-12-4-6-15(21)7-5-12/h1-7,10,20-21H,8-9,11H2. The highest BCUT2D eigenvalue weighted by molar-refractivity contribution is 5.27. The van der Waals surface area contributed by atoms with Crippen LogP contribution in [0.5, 0.6) is 5.75 Å². The number of hydrogen-bond donors (Lipinski definition) is 2. The number of aromatic hydroxyl groups is 1. The molecule has 112 valence electrons. The molecule has 2 nitrogen and oxygen atoms in total. The van der Waals surface area contributed by atoms with Gasteiger partial charge in [-0.15, -0.1) is 0 Å². The Hall–Kier alpha value is -2.01. The molecule has 0 radical (unpaired) electrons. The van der Waals surface area contributed by atoms with Crippen molar-refractivity contribution < 1.29 is 18.3 Å². The van der Waals surface area contributed by atoms with Gasteiger partial charge in [-0.25, -0.2) is 0 Å². The second-order valence-electron chi connectivity index (χ2n) is 4.79. The largest absolute Gasteiger partial charge is 0.508 e. The summed E-state index contributed by atoms with van der Waals surface area (Å²) in [5.41, 5.74) is 1.04. The van der Waals surface area contributed by atoms with Crippen molar-refractivity contribution in [2.75, 3.05) is 6.54 Å². The highest BCUT2D eigenvalue weighted by Gasteiger charge is 2.30. The molecule has 0 atom stereocenters. The van der Waals surface area contributed by atoms with E-state index in [1.807, 2.05) is 12.1 Å². The molecule has 0 bridgehead atoms. The van der Waals surface area contributed by atoms with Crippen molar-refractivity contribution in [3.05, 3.63) is 65.2 Å². The van der Waals surface area contributed by atoms with Gasteiger partial charge in [0, 0.05) is 6.54 Å². The van der Waals surface area contributed by atoms with Crippen LogP contribution in [0.1, 0.15) is 16.7 Å². The number of halogens is 3. The van der Waals surface area contributed by atoms with Gasteiger partial charge < -0.3 is 10.4 Å². The summed E-state index contributed by atoms with van der Waals surface area (Å²) in [4.78, 5) is 0. The van der Waals surface area contributed by atoms with Crippen LogP contribution in [0.25, 0.3) is 0 Å². The molecule has 0 aliphatic carbocycles. The summed E-state index contributed by atoms with van der Waals surface area (Å²) in [6.07, 6.45) is -3.55. The molecule has 0 aliphatic heterocycles. The molecule has 0 saturated carbocycles. The normalized spacial score (nSPS) is 11.6. The zero-order valence-corrected chi connectivity index (χ0v) is 11.3. The maximum absolute atomic E-state index is 12.6. The number of rotatable bonds is 5. The Balaban J connectivity index is 1.82. The highest BCUT2D eigenvalue weighted by Crippen LogP contribution is 2.29. The Morgan fingerprint density at radius 2 is 1.67 bits per heavy atom. The van der Waals surface area contributed by atoms with Gasteiger partial charge in [-0.2, -0.15) is 13.2 Å². The third-order valence-electron chi connectivity index (χ3n) is 3.11. The van der Waals surface area contributed by atoms with Crippen LogP contribution in [0.15, 0.2) is 48.5 Å². The molecule has 0 aromatic heterocycles. The van der Waals surface area contributed by atoms with Gasteiger partial charge in [0.25, 0.3) is 0 Å². The van der Waals surface area contributed by atoms with Crippen LogP contribution < -0.4 is 5.32 Å². The van der Waals surface area contributed by atoms with E-state index in [-0.39, 0.29) is 5.75 Å². The van der Waals surface area contributed by atoms with Crippen LogP contribution in [0.2, 0.25) is 0 Å². The lowest BCUT2D eigenvalue weighted by atomic mass is 10.1. The minimum Gasteiger partial charge on any atom is -0.508 e. The van der Waals surface area contributed by atoms with E-state index in [1.54, 1.807) is 18.2 Å². The molecule has 0 heterocycles. The Bertz CT molecular complexity index is 579. The van der Waals surface area contributed by atoms with Gasteiger partial charge in [0.15, 0.2) is 0 Å². The van der Waals surface area contributed by atoms with Gasteiger partial charge >= 0.3 is 6.18 Å². The van der Waals surface area contributed by atoms with E-state index in [4.69, 9.17) is 5.11 Å². The molecule has 0 spiro atoms. The Morgan fingerprint density at radius 3 is 2.33 bits per heavy atom. The molecular formula is C16H16F3NO. The number of phenolic OH excluding ortho intramolecular Hbond substituents is 1. The van der Waals surface area contributed by atoms with Gasteiger partial charge in [-0.05, 0) is 42.3 Å². The van der Waals surface area contributed by atoms with Crippen molar-refractivity contribution in [1.82, 2.24) is 5.32 Å². The number of phenols is 1. The Labute approximate surface area is 121 Å². The lowest BCUT2D eigenvalue weighted by Gasteiger charge is -2.09. The molecular weight excluding hydrogens is 279 g/mol. The summed E-state index contributed by atoms with van der Waals surface area (Å²) in [5, 5.41) is 12.3. The summed E-state index contributed by atoms with van der Waals surface area (Å²) in [7, 11) is 0. The van der Waals surface area contributed by atoms with E-state index >= 15 is 0 Å². The Kier molecular flexibility index (Phi) is 4.85. The first-order chi connectivity index (χ1) is 9.95. The summed E-state index contributed by atoms with van der Waals surface area (Å²) >= 11 is 0. The number of nitrogens with one attached hydrogen (secondary N) is 1. The topological polar surface area (TPSA) is 32.3 Å². The van der Waals surface area contributed by atoms with Crippen LogP contribution in [0.4, 0.5) is 13.2 Å². The fourth-order valence-corrected chi connectivity index (χ4v) is 1.99. The fraction of sp³-hybridized carbons (Fsp3) is 0.250. The van der Waals surface area contributed by atoms with Crippen LogP contribution in [-0.2, 0) is 19.1 Å². The molecule has 0 fully saturated rings. The van der Waals surface area contributed by atoms with Crippen molar-refractivity contribution in [3.63, 3.8) is 0 Å². The van der Waals surface area contributed by atoms with E-state index in [0.29, 0.717) is 18.7 Å². The molecule has 0 aliphatic rings. The van der Waals surface area contributed by atoms with E-state index in [1.165, 1.54) is 6.07 Å². The van der Waals surface area contributed by atoms with Gasteiger partial charge in [-0.1, -0.05) is 30.3 Å². The van der Waals surface area contributed by atoms with Gasteiger partial charge in [0.2, 0.25) is 0 Å². The smallest absolute Gasteiger partial charge is 0.416 e. The monoisotopic (exact) mass is 295 g/mol.